The third-order valence-corrected chi connectivity index (χ3v) is 20.6. The molecule has 0 N–H and O–H groups in total. The van der Waals surface area contributed by atoms with Crippen LogP contribution in [0.2, 0.25) is 0 Å². The predicted molar refractivity (Wildman–Crippen MR) is 301 cm³/mol. The minimum atomic E-state index is -2.64. The molecule has 1 aliphatic heterocycles. The SMILES string of the molecule is CC1(c2ccccc2)c2ccccc2-c2ccc(N(c3ccc(-c4cccc([Si]5(c6ccccc6)c6ccccc6-c6ccccc65)c4)cc3)c3ccc(-n4c5ccccc5c5ccccc54)cc3)cc21. The summed E-state index contributed by atoms with van der Waals surface area (Å²) in [5.74, 6) is 0. The molecule has 3 heteroatoms. The Labute approximate surface area is 416 Å². The summed E-state index contributed by atoms with van der Waals surface area (Å²) in [6.07, 6.45) is 0. The van der Waals surface area contributed by atoms with E-state index in [4.69, 9.17) is 0 Å². The largest absolute Gasteiger partial charge is 0.310 e. The molecule has 0 saturated carbocycles. The number of hydrogen-bond donors (Lipinski definition) is 0. The van der Waals surface area contributed by atoms with Crippen molar-refractivity contribution in [2.75, 3.05) is 4.90 Å². The number of aromatic nitrogens is 1. The zero-order valence-electron chi connectivity index (χ0n) is 39.4. The van der Waals surface area contributed by atoms with E-state index in [1.54, 1.807) is 0 Å². The standard InChI is InChI=1S/C68H48N2Si/c1-68(49-20-4-2-5-21-49)62-30-13-8-25-56(62)57-44-43-53(46-63(57)68)69(51-39-41-52(42-40-51)70-64-31-14-9-26-58(64)59-27-10-15-32-65(59)70)50-37-35-47(36-38-50)48-19-18-24-55(45-48)71(54-22-6-3-7-23-54)66-33-16-11-28-60(66)61-29-12-17-34-67(61)71/h2-46H,1H3. The molecule has 2 aliphatic rings. The van der Waals surface area contributed by atoms with Gasteiger partial charge in [-0.1, -0.05) is 212 Å². The lowest BCUT2D eigenvalue weighted by Crippen LogP contribution is -2.72. The quantitative estimate of drug-likeness (QED) is 0.138. The highest BCUT2D eigenvalue weighted by atomic mass is 28.3. The molecule has 1 aromatic heterocycles. The normalized spacial score (nSPS) is 15.0. The zero-order chi connectivity index (χ0) is 47.1. The maximum atomic E-state index is 2.49. The average molecular weight is 921 g/mol. The van der Waals surface area contributed by atoms with E-state index in [0.29, 0.717) is 0 Å². The van der Waals surface area contributed by atoms with Gasteiger partial charge in [-0.2, -0.15) is 0 Å². The van der Waals surface area contributed by atoms with Crippen molar-refractivity contribution < 1.29 is 0 Å². The van der Waals surface area contributed by atoms with Gasteiger partial charge in [-0.25, -0.2) is 0 Å². The summed E-state index contributed by atoms with van der Waals surface area (Å²) in [4.78, 5) is 2.44. The molecule has 0 radical (unpaired) electrons. The Morgan fingerprint density at radius 3 is 1.52 bits per heavy atom. The molecule has 12 aromatic rings. The lowest BCUT2D eigenvalue weighted by atomic mass is 9.74. The van der Waals surface area contributed by atoms with Crippen molar-refractivity contribution >= 4 is 67.7 Å². The lowest BCUT2D eigenvalue weighted by Gasteiger charge is -2.31. The van der Waals surface area contributed by atoms with E-state index in [9.17, 15) is 0 Å². The van der Waals surface area contributed by atoms with Gasteiger partial charge >= 0.3 is 0 Å². The number of hydrogen-bond acceptors (Lipinski definition) is 1. The van der Waals surface area contributed by atoms with Crippen LogP contribution in [0, 0.1) is 0 Å². The van der Waals surface area contributed by atoms with E-state index < -0.39 is 8.07 Å². The molecule has 1 aliphatic carbocycles. The van der Waals surface area contributed by atoms with Crippen molar-refractivity contribution in [3.63, 3.8) is 0 Å². The van der Waals surface area contributed by atoms with E-state index in [0.717, 1.165) is 22.7 Å². The van der Waals surface area contributed by atoms with Crippen LogP contribution in [0.25, 0.3) is 60.9 Å². The first-order chi connectivity index (χ1) is 35.1. The maximum Gasteiger partial charge on any atom is 0.180 e. The fourth-order valence-corrected chi connectivity index (χ4v) is 17.8. The van der Waals surface area contributed by atoms with E-state index in [2.05, 4.69) is 289 Å². The van der Waals surface area contributed by atoms with E-state index in [1.807, 2.05) is 0 Å². The second kappa shape index (κ2) is 16.2. The number of benzene rings is 11. The second-order valence-corrected chi connectivity index (χ2v) is 23.1. The molecule has 1 atom stereocenters. The topological polar surface area (TPSA) is 8.17 Å². The molecule has 0 spiro atoms. The summed E-state index contributed by atoms with van der Waals surface area (Å²) in [7, 11) is -2.64. The number of para-hydroxylation sites is 2. The molecule has 11 aromatic carbocycles. The third kappa shape index (κ3) is 6.13. The van der Waals surface area contributed by atoms with Gasteiger partial charge in [0.2, 0.25) is 0 Å². The van der Waals surface area contributed by atoms with Gasteiger partial charge in [0, 0.05) is 38.9 Å². The molecule has 0 bridgehead atoms. The Morgan fingerprint density at radius 1 is 0.352 bits per heavy atom. The first kappa shape index (κ1) is 41.2. The van der Waals surface area contributed by atoms with Gasteiger partial charge in [-0.3, -0.25) is 0 Å². The molecule has 334 valence electrons. The van der Waals surface area contributed by atoms with Crippen molar-refractivity contribution in [2.24, 2.45) is 0 Å². The summed E-state index contributed by atoms with van der Waals surface area (Å²) in [5, 5.41) is 8.24. The van der Waals surface area contributed by atoms with Crippen LogP contribution < -0.4 is 25.6 Å². The molecule has 0 amide bonds. The van der Waals surface area contributed by atoms with Gasteiger partial charge in [-0.05, 0) is 138 Å². The van der Waals surface area contributed by atoms with Crippen LogP contribution in [0.4, 0.5) is 17.1 Å². The lowest BCUT2D eigenvalue weighted by molar-refractivity contribution is 0.714. The minimum Gasteiger partial charge on any atom is -0.310 e. The zero-order valence-corrected chi connectivity index (χ0v) is 40.4. The second-order valence-electron chi connectivity index (χ2n) is 19.3. The minimum absolute atomic E-state index is 0.328. The number of anilines is 3. The van der Waals surface area contributed by atoms with Crippen molar-refractivity contribution in [1.29, 1.82) is 0 Å². The van der Waals surface area contributed by atoms with Crippen LogP contribution in [0.5, 0.6) is 0 Å². The highest BCUT2D eigenvalue weighted by Crippen LogP contribution is 2.54. The van der Waals surface area contributed by atoms with Crippen LogP contribution in [0.15, 0.2) is 273 Å². The number of rotatable bonds is 8. The van der Waals surface area contributed by atoms with Crippen molar-refractivity contribution in [2.45, 2.75) is 12.3 Å². The van der Waals surface area contributed by atoms with Gasteiger partial charge < -0.3 is 9.47 Å². The van der Waals surface area contributed by atoms with Gasteiger partial charge in [0.15, 0.2) is 8.07 Å². The molecule has 2 heterocycles. The number of nitrogens with zero attached hydrogens (tertiary/aromatic N) is 2. The maximum absolute atomic E-state index is 2.64. The third-order valence-electron chi connectivity index (χ3n) is 15.8. The van der Waals surface area contributed by atoms with Gasteiger partial charge in [0.05, 0.1) is 11.0 Å². The molecular formula is C68H48N2Si. The highest BCUT2D eigenvalue weighted by molar-refractivity contribution is 7.22. The van der Waals surface area contributed by atoms with Crippen molar-refractivity contribution in [3.05, 3.63) is 290 Å². The van der Waals surface area contributed by atoms with Crippen LogP contribution in [0.1, 0.15) is 23.6 Å². The van der Waals surface area contributed by atoms with Crippen LogP contribution in [0.3, 0.4) is 0 Å². The monoisotopic (exact) mass is 920 g/mol. The van der Waals surface area contributed by atoms with E-state index in [-0.39, 0.29) is 5.41 Å². The summed E-state index contributed by atoms with van der Waals surface area (Å²) in [6, 6.07) is 102. The first-order valence-electron chi connectivity index (χ1n) is 24.8. The molecular weight excluding hydrogens is 873 g/mol. The molecule has 2 nitrogen and oxygen atoms in total. The Bertz CT molecular complexity index is 3900. The van der Waals surface area contributed by atoms with E-state index in [1.165, 1.54) is 92.6 Å². The van der Waals surface area contributed by atoms with Crippen LogP contribution in [-0.2, 0) is 5.41 Å². The fraction of sp³-hybridized carbons (Fsp3) is 0.0294. The summed E-state index contributed by atoms with van der Waals surface area (Å²) >= 11 is 0. The van der Waals surface area contributed by atoms with E-state index >= 15 is 0 Å². The highest BCUT2D eigenvalue weighted by Gasteiger charge is 2.48. The van der Waals surface area contributed by atoms with Crippen LogP contribution in [-0.4, -0.2) is 12.6 Å². The smallest absolute Gasteiger partial charge is 0.180 e. The molecule has 0 fully saturated rings. The Balaban J connectivity index is 0.911. The Hall–Kier alpha value is -8.76. The summed E-state index contributed by atoms with van der Waals surface area (Å²) < 4.78 is 2.40. The first-order valence-corrected chi connectivity index (χ1v) is 26.8. The number of fused-ring (bicyclic) bond motifs is 9. The molecule has 1 unspecified atom stereocenters. The van der Waals surface area contributed by atoms with Crippen LogP contribution >= 0.6 is 0 Å². The average Bonchev–Trinajstić information content (AvgIpc) is 4.04. The Kier molecular flexibility index (Phi) is 9.39. The molecule has 71 heavy (non-hydrogen) atoms. The predicted octanol–water partition coefficient (Wildman–Crippen LogP) is 14.6. The summed E-state index contributed by atoms with van der Waals surface area (Å²) in [6.45, 7) is 2.40. The van der Waals surface area contributed by atoms with Crippen molar-refractivity contribution in [3.8, 4) is 39.1 Å². The van der Waals surface area contributed by atoms with Crippen molar-refractivity contribution in [1.82, 2.24) is 4.57 Å². The van der Waals surface area contributed by atoms with Gasteiger partial charge in [-0.15, -0.1) is 0 Å². The van der Waals surface area contributed by atoms with Gasteiger partial charge in [0.25, 0.3) is 0 Å². The Morgan fingerprint density at radius 2 is 0.859 bits per heavy atom. The van der Waals surface area contributed by atoms with Gasteiger partial charge in [0.1, 0.15) is 0 Å². The summed E-state index contributed by atoms with van der Waals surface area (Å²) in [5.41, 5.74) is 18.2. The molecule has 14 rings (SSSR count). The molecule has 0 saturated heterocycles. The fourth-order valence-electron chi connectivity index (χ4n) is 12.5.